The lowest BCUT2D eigenvalue weighted by atomic mass is 10.3. The molecule has 0 aliphatic carbocycles. The minimum atomic E-state index is 0.940. The molecule has 0 saturated heterocycles. The first-order chi connectivity index (χ1) is 5.27. The predicted molar refractivity (Wildman–Crippen MR) is 43.1 cm³/mol. The molecule has 11 heavy (non-hydrogen) atoms. The van der Waals surface area contributed by atoms with E-state index < -0.39 is 0 Å². The molecule has 0 spiro atoms. The molecule has 0 fully saturated rings. The average Bonchev–Trinajstić information content (AvgIpc) is 2.32. The molecular weight excluding hydrogens is 140 g/mol. The van der Waals surface area contributed by atoms with Crippen molar-refractivity contribution in [2.24, 2.45) is 4.99 Å². The fourth-order valence-corrected chi connectivity index (χ4v) is 1.09. The van der Waals surface area contributed by atoms with Crippen molar-refractivity contribution in [1.82, 2.24) is 16.0 Å². The second-order valence-corrected chi connectivity index (χ2v) is 2.69. The maximum Gasteiger partial charge on any atom is 0.168 e. The molecular formula is C7H10N4. The van der Waals surface area contributed by atoms with Gasteiger partial charge in [0, 0.05) is 12.4 Å². The number of hydrogen-bond donors (Lipinski definition) is 2. The molecule has 2 aliphatic heterocycles. The zero-order valence-electron chi connectivity index (χ0n) is 6.55. The number of rotatable bonds is 0. The van der Waals surface area contributed by atoms with Crippen LogP contribution in [-0.4, -0.2) is 11.2 Å². The van der Waals surface area contributed by atoms with Gasteiger partial charge in [0.2, 0.25) is 0 Å². The topological polar surface area (TPSA) is 39.7 Å². The van der Waals surface area contributed by atoms with E-state index in [4.69, 9.17) is 0 Å². The first-order valence-electron chi connectivity index (χ1n) is 3.51. The standard InChI is InChI=1S/C7H10N4/c1-5-3-8-7-6(2)9-10-11(7)4-5/h3-4,9-10H,1-2H3. The smallest absolute Gasteiger partial charge is 0.168 e. The number of nitrogens with zero attached hydrogens (tertiary/aromatic N) is 2. The van der Waals surface area contributed by atoms with Gasteiger partial charge in [0.25, 0.3) is 0 Å². The second-order valence-electron chi connectivity index (χ2n) is 2.69. The lowest BCUT2D eigenvalue weighted by Crippen LogP contribution is -2.34. The fourth-order valence-electron chi connectivity index (χ4n) is 1.09. The number of fused-ring (bicyclic) bond motifs is 1. The molecule has 0 saturated carbocycles. The minimum absolute atomic E-state index is 0.940. The van der Waals surface area contributed by atoms with Gasteiger partial charge in [-0.15, -0.1) is 5.53 Å². The van der Waals surface area contributed by atoms with Gasteiger partial charge in [-0.25, -0.2) is 10.0 Å². The van der Waals surface area contributed by atoms with E-state index in [-0.39, 0.29) is 0 Å². The third-order valence-electron chi connectivity index (χ3n) is 1.65. The van der Waals surface area contributed by atoms with E-state index in [2.05, 4.69) is 16.0 Å². The van der Waals surface area contributed by atoms with E-state index in [0.717, 1.165) is 17.1 Å². The number of allylic oxidation sites excluding steroid dienone is 2. The van der Waals surface area contributed by atoms with E-state index >= 15 is 0 Å². The van der Waals surface area contributed by atoms with Gasteiger partial charge >= 0.3 is 0 Å². The van der Waals surface area contributed by atoms with Crippen molar-refractivity contribution in [3.8, 4) is 0 Å². The van der Waals surface area contributed by atoms with Crippen LogP contribution in [0.1, 0.15) is 13.8 Å². The Balaban J connectivity index is 2.37. The van der Waals surface area contributed by atoms with Crippen LogP contribution in [0.25, 0.3) is 0 Å². The van der Waals surface area contributed by atoms with E-state index in [1.165, 1.54) is 0 Å². The molecule has 58 valence electrons. The van der Waals surface area contributed by atoms with Gasteiger partial charge in [-0.2, -0.15) is 0 Å². The molecule has 0 aromatic heterocycles. The Labute approximate surface area is 65.2 Å². The van der Waals surface area contributed by atoms with E-state index in [1.54, 1.807) is 0 Å². The van der Waals surface area contributed by atoms with Crippen LogP contribution in [0.15, 0.2) is 28.3 Å². The van der Waals surface area contributed by atoms with E-state index in [0.29, 0.717) is 0 Å². The van der Waals surface area contributed by atoms with Crippen LogP contribution < -0.4 is 11.0 Å². The molecule has 2 rings (SSSR count). The lowest BCUT2D eigenvalue weighted by molar-refractivity contribution is 0.337. The van der Waals surface area contributed by atoms with Crippen LogP contribution in [0.2, 0.25) is 0 Å². The number of hydrogen-bond acceptors (Lipinski definition) is 4. The van der Waals surface area contributed by atoms with Crippen LogP contribution in [-0.2, 0) is 0 Å². The van der Waals surface area contributed by atoms with Crippen molar-refractivity contribution in [1.29, 1.82) is 0 Å². The van der Waals surface area contributed by atoms with Gasteiger partial charge in [-0.1, -0.05) is 0 Å². The lowest BCUT2D eigenvalue weighted by Gasteiger charge is -2.16. The quantitative estimate of drug-likeness (QED) is 0.528. The number of aliphatic imine (C=N–C) groups is 1. The van der Waals surface area contributed by atoms with Crippen molar-refractivity contribution in [2.75, 3.05) is 0 Å². The highest BCUT2D eigenvalue weighted by Gasteiger charge is 2.18. The van der Waals surface area contributed by atoms with Crippen LogP contribution >= 0.6 is 0 Å². The molecule has 4 nitrogen and oxygen atoms in total. The Morgan fingerprint density at radius 3 is 3.09 bits per heavy atom. The van der Waals surface area contributed by atoms with Gasteiger partial charge in [-0.05, 0) is 19.4 Å². The molecule has 0 radical (unpaired) electrons. The number of hydrazine groups is 2. The Hall–Kier alpha value is -1.29. The van der Waals surface area contributed by atoms with Gasteiger partial charge < -0.3 is 5.43 Å². The van der Waals surface area contributed by atoms with Crippen molar-refractivity contribution in [2.45, 2.75) is 13.8 Å². The van der Waals surface area contributed by atoms with Crippen molar-refractivity contribution < 1.29 is 0 Å². The molecule has 2 aliphatic rings. The monoisotopic (exact) mass is 150 g/mol. The van der Waals surface area contributed by atoms with Gasteiger partial charge in [0.05, 0.1) is 5.70 Å². The van der Waals surface area contributed by atoms with Crippen LogP contribution in [0, 0.1) is 0 Å². The van der Waals surface area contributed by atoms with Crippen LogP contribution in [0.4, 0.5) is 0 Å². The summed E-state index contributed by atoms with van der Waals surface area (Å²) in [6.45, 7) is 3.99. The van der Waals surface area contributed by atoms with Gasteiger partial charge in [0.1, 0.15) is 0 Å². The maximum absolute atomic E-state index is 4.24. The Bertz CT molecular complexity index is 274. The summed E-state index contributed by atoms with van der Waals surface area (Å²) in [4.78, 5) is 4.24. The molecule has 2 N–H and O–H groups in total. The zero-order valence-corrected chi connectivity index (χ0v) is 6.55. The van der Waals surface area contributed by atoms with Crippen molar-refractivity contribution >= 4 is 6.21 Å². The Morgan fingerprint density at radius 1 is 1.45 bits per heavy atom. The highest BCUT2D eigenvalue weighted by atomic mass is 15.7. The highest BCUT2D eigenvalue weighted by molar-refractivity contribution is 5.79. The summed E-state index contributed by atoms with van der Waals surface area (Å²) < 4.78 is 0. The van der Waals surface area contributed by atoms with E-state index in [1.807, 2.05) is 31.3 Å². The van der Waals surface area contributed by atoms with Crippen molar-refractivity contribution in [3.05, 3.63) is 23.3 Å². The van der Waals surface area contributed by atoms with Gasteiger partial charge in [0.15, 0.2) is 5.82 Å². The molecule has 0 amide bonds. The molecule has 0 bridgehead atoms. The molecule has 0 aromatic rings. The maximum atomic E-state index is 4.24. The first-order valence-corrected chi connectivity index (χ1v) is 3.51. The third-order valence-corrected chi connectivity index (χ3v) is 1.65. The summed E-state index contributed by atoms with van der Waals surface area (Å²) in [6.07, 6.45) is 3.84. The summed E-state index contributed by atoms with van der Waals surface area (Å²) in [5, 5.41) is 1.87. The summed E-state index contributed by atoms with van der Waals surface area (Å²) >= 11 is 0. The largest absolute Gasteiger partial charge is 0.304 e. The highest BCUT2D eigenvalue weighted by Crippen LogP contribution is 2.17. The molecule has 2 heterocycles. The Morgan fingerprint density at radius 2 is 2.27 bits per heavy atom. The normalized spacial score (nSPS) is 21.6. The molecule has 0 atom stereocenters. The third kappa shape index (κ3) is 0.914. The summed E-state index contributed by atoms with van der Waals surface area (Å²) in [6, 6.07) is 0. The molecule has 4 heteroatoms. The summed E-state index contributed by atoms with van der Waals surface area (Å²) in [5.41, 5.74) is 8.12. The fraction of sp³-hybridized carbons (Fsp3) is 0.286. The minimum Gasteiger partial charge on any atom is -0.304 e. The molecule has 0 aromatic carbocycles. The number of nitrogens with one attached hydrogen (secondary N) is 2. The van der Waals surface area contributed by atoms with Crippen LogP contribution in [0.3, 0.4) is 0 Å². The second kappa shape index (κ2) is 2.10. The van der Waals surface area contributed by atoms with Crippen LogP contribution in [0.5, 0.6) is 0 Å². The van der Waals surface area contributed by atoms with Gasteiger partial charge in [-0.3, -0.25) is 0 Å². The first kappa shape index (κ1) is 6.42. The Kier molecular flexibility index (Phi) is 1.22. The zero-order chi connectivity index (χ0) is 7.84. The SMILES string of the molecule is CC1=CN2NNC(C)=C2N=C1. The van der Waals surface area contributed by atoms with E-state index in [9.17, 15) is 0 Å². The summed E-state index contributed by atoms with van der Waals surface area (Å²) in [5.74, 6) is 0.940. The van der Waals surface area contributed by atoms with Crippen molar-refractivity contribution in [3.63, 3.8) is 0 Å². The summed E-state index contributed by atoms with van der Waals surface area (Å²) in [7, 11) is 0. The average molecular weight is 150 g/mol. The molecule has 0 unspecified atom stereocenters. The predicted octanol–water partition coefficient (Wildman–Crippen LogP) is 0.488.